The second-order valence-corrected chi connectivity index (χ2v) is 30.3. The second-order valence-electron chi connectivity index (χ2n) is 8.62. The molecule has 2 rings (SSSR count). The molecule has 12 nitrogen and oxygen atoms in total. The summed E-state index contributed by atoms with van der Waals surface area (Å²) in [7, 11) is -2.39. The zero-order valence-corrected chi connectivity index (χ0v) is 28.6. The van der Waals surface area contributed by atoms with Gasteiger partial charge in [0.1, 0.15) is 0 Å². The van der Waals surface area contributed by atoms with E-state index in [1.807, 2.05) is 0 Å². The summed E-state index contributed by atoms with van der Waals surface area (Å²) in [6.07, 6.45) is 0. The van der Waals surface area contributed by atoms with Crippen LogP contribution in [0.15, 0.2) is 0 Å². The van der Waals surface area contributed by atoms with Crippen LogP contribution in [0.3, 0.4) is 0 Å². The van der Waals surface area contributed by atoms with Crippen molar-refractivity contribution in [1.82, 2.24) is 27.9 Å². The zero-order valence-electron chi connectivity index (χ0n) is 22.6. The Balaban J connectivity index is 0.000000335. The van der Waals surface area contributed by atoms with Crippen LogP contribution in [0.2, 0.25) is 37.8 Å². The highest BCUT2D eigenvalue weighted by atomic mass is 28.5. The minimum Gasteiger partial charge on any atom is -0.396 e. The van der Waals surface area contributed by atoms with E-state index in [1.54, 1.807) is 42.7 Å². The summed E-state index contributed by atoms with van der Waals surface area (Å²) in [4.78, 5) is 0. The van der Waals surface area contributed by atoms with Gasteiger partial charge in [-0.1, -0.05) is 20.8 Å². The van der Waals surface area contributed by atoms with Crippen LogP contribution in [0.1, 0.15) is 20.8 Å². The van der Waals surface area contributed by atoms with E-state index in [0.717, 1.165) is 18.1 Å². The third-order valence-corrected chi connectivity index (χ3v) is 35.1. The van der Waals surface area contributed by atoms with Gasteiger partial charge in [-0.15, -0.1) is 0 Å². The van der Waals surface area contributed by atoms with Crippen molar-refractivity contribution in [3.63, 3.8) is 0 Å². The molecule has 0 atom stereocenters. The van der Waals surface area contributed by atoms with E-state index in [0.29, 0.717) is 0 Å². The molecule has 0 unspecified atom stereocenters. The molecule has 2 fully saturated rings. The van der Waals surface area contributed by atoms with E-state index in [2.05, 4.69) is 68.3 Å². The average molecular weight is 577 g/mol. The van der Waals surface area contributed by atoms with Gasteiger partial charge in [0.15, 0.2) is 0 Å². The topological polar surface area (TPSA) is 128 Å². The first-order valence-electron chi connectivity index (χ1n) is 11.4. The summed E-state index contributed by atoms with van der Waals surface area (Å²) >= 11 is 0. The van der Waals surface area contributed by atoms with Crippen molar-refractivity contribution in [3.05, 3.63) is 0 Å². The minimum atomic E-state index is -2.17. The van der Waals surface area contributed by atoms with Gasteiger partial charge >= 0.3 is 51.8 Å². The van der Waals surface area contributed by atoms with Gasteiger partial charge in [-0.05, 0) is 37.8 Å². The van der Waals surface area contributed by atoms with Crippen molar-refractivity contribution >= 4 is 51.8 Å². The normalized spacial score (nSPS) is 43.6. The van der Waals surface area contributed by atoms with Crippen LogP contribution in [0, 0.1) is 0 Å². The van der Waals surface area contributed by atoms with E-state index in [4.69, 9.17) is 26.6 Å². The van der Waals surface area contributed by atoms with Crippen molar-refractivity contribution < 1.29 is 26.6 Å². The Morgan fingerprint density at radius 3 is 0.727 bits per heavy atom. The maximum absolute atomic E-state index is 5.83. The summed E-state index contributed by atoms with van der Waals surface area (Å²) in [6, 6.07) is 2.84. The third kappa shape index (κ3) is 7.65. The first-order chi connectivity index (χ1) is 15.3. The monoisotopic (exact) mass is 576 g/mol. The molecule has 2 aliphatic rings. The molecule has 2 aliphatic heterocycles. The number of nitrogens with one attached hydrogen (secondary N) is 6. The zero-order chi connectivity index (χ0) is 25.6. The predicted octanol–water partition coefficient (Wildman–Crippen LogP) is -0.00150. The second kappa shape index (κ2) is 12.4. The summed E-state index contributed by atoms with van der Waals surface area (Å²) < 4.78 is 55.6. The van der Waals surface area contributed by atoms with Gasteiger partial charge in [0.25, 0.3) is 0 Å². The average Bonchev–Trinajstić information content (AvgIpc) is 2.83. The van der Waals surface area contributed by atoms with Crippen molar-refractivity contribution in [2.24, 2.45) is 0 Å². The Labute approximate surface area is 207 Å². The van der Waals surface area contributed by atoms with Crippen LogP contribution in [-0.2, 0) is 26.6 Å². The fourth-order valence-electron chi connectivity index (χ4n) is 4.11. The van der Waals surface area contributed by atoms with Gasteiger partial charge in [0.2, 0.25) is 0 Å². The van der Waals surface area contributed by atoms with Gasteiger partial charge in [0.05, 0.1) is 0 Å². The largest absolute Gasteiger partial charge is 0.396 e. The quantitative estimate of drug-likeness (QED) is 0.207. The molecular formula is C15H48N6O6Si6. The highest BCUT2D eigenvalue weighted by Crippen LogP contribution is 2.21. The molecule has 18 heteroatoms. The molecule has 0 radical (unpaired) electrons. The predicted molar refractivity (Wildman–Crippen MR) is 144 cm³/mol. The molecule has 0 spiro atoms. The lowest BCUT2D eigenvalue weighted by Gasteiger charge is -2.51. The van der Waals surface area contributed by atoms with Crippen LogP contribution in [0.4, 0.5) is 0 Å². The minimum absolute atomic E-state index is 0.946. The van der Waals surface area contributed by atoms with E-state index >= 15 is 0 Å². The standard InChI is InChI=1S/C9H27N3O3Si3.C6H21N3O3Si3/c1-7-16(13-4)10-17(8-2,14-5)12-18(9-3,11-16)15-6;1-10-13(4)7-14(5,11-2)9-15(6,8-13)12-3/h10-12H,7-9H2,1-6H3;7-9H,1-6H3. The van der Waals surface area contributed by atoms with Gasteiger partial charge in [-0.3, -0.25) is 27.9 Å². The number of rotatable bonds is 9. The van der Waals surface area contributed by atoms with Crippen molar-refractivity contribution in [2.75, 3.05) is 42.7 Å². The van der Waals surface area contributed by atoms with Crippen molar-refractivity contribution in [3.8, 4) is 0 Å². The third-order valence-electron chi connectivity index (χ3n) is 6.41. The van der Waals surface area contributed by atoms with Gasteiger partial charge in [-0.2, -0.15) is 0 Å². The molecule has 0 saturated carbocycles. The van der Waals surface area contributed by atoms with E-state index in [1.165, 1.54) is 0 Å². The Morgan fingerprint density at radius 2 is 0.606 bits per heavy atom. The maximum atomic E-state index is 5.83. The van der Waals surface area contributed by atoms with Crippen LogP contribution in [-0.4, -0.2) is 94.5 Å². The highest BCUT2D eigenvalue weighted by molar-refractivity contribution is 7.01. The molecule has 2 heterocycles. The Morgan fingerprint density at radius 1 is 0.394 bits per heavy atom. The lowest BCUT2D eigenvalue weighted by molar-refractivity contribution is 0.315. The molecular weight excluding hydrogens is 529 g/mol. The molecule has 0 aromatic carbocycles. The molecule has 6 N–H and O–H groups in total. The molecule has 0 aromatic rings. The van der Waals surface area contributed by atoms with Gasteiger partial charge < -0.3 is 26.6 Å². The first-order valence-corrected chi connectivity index (χ1v) is 24.9. The molecule has 0 amide bonds. The van der Waals surface area contributed by atoms with Gasteiger partial charge in [-0.25, -0.2) is 0 Å². The highest BCUT2D eigenvalue weighted by Gasteiger charge is 2.59. The fraction of sp³-hybridized carbons (Fsp3) is 1.00. The molecule has 198 valence electrons. The maximum Gasteiger partial charge on any atom is 0.343 e. The molecule has 0 aliphatic carbocycles. The van der Waals surface area contributed by atoms with Gasteiger partial charge in [0, 0.05) is 42.7 Å². The Bertz CT molecular complexity index is 517. The van der Waals surface area contributed by atoms with Crippen LogP contribution in [0.25, 0.3) is 0 Å². The Hall–Kier alpha value is 0.821. The summed E-state index contributed by atoms with van der Waals surface area (Å²) in [5.41, 5.74) is 0. The number of hydrogen-bond donors (Lipinski definition) is 6. The molecule has 0 bridgehead atoms. The molecule has 33 heavy (non-hydrogen) atoms. The van der Waals surface area contributed by atoms with Crippen LogP contribution >= 0.6 is 0 Å². The summed E-state index contributed by atoms with van der Waals surface area (Å²) in [5, 5.41) is 0. The fourth-order valence-corrected chi connectivity index (χ4v) is 37.7. The van der Waals surface area contributed by atoms with E-state index in [-0.39, 0.29) is 0 Å². The lowest BCUT2D eigenvalue weighted by atomic mass is 11.0. The smallest absolute Gasteiger partial charge is 0.343 e. The summed E-state index contributed by atoms with van der Waals surface area (Å²) in [5.74, 6) is 0. The SMILES string of the molecule is CC[Si]1(OC)N[Si](CC)(OC)N[Si](CC)(OC)N1.CO[Si]1(C)N[Si](C)(OC)N[Si](C)(OC)N1. The first kappa shape index (κ1) is 31.9. The lowest BCUT2D eigenvalue weighted by Crippen LogP contribution is -2.93. The molecule has 0 aromatic heterocycles. The van der Waals surface area contributed by atoms with E-state index in [9.17, 15) is 0 Å². The molecule has 2 saturated heterocycles. The van der Waals surface area contributed by atoms with Crippen LogP contribution < -0.4 is 27.9 Å². The summed E-state index contributed by atoms with van der Waals surface area (Å²) in [6.45, 7) is 12.7. The van der Waals surface area contributed by atoms with Crippen molar-refractivity contribution in [1.29, 1.82) is 0 Å². The van der Waals surface area contributed by atoms with Crippen LogP contribution in [0.5, 0.6) is 0 Å². The Kier molecular flexibility index (Phi) is 11.9. The van der Waals surface area contributed by atoms with E-state index < -0.39 is 51.8 Å². The number of hydrogen-bond acceptors (Lipinski definition) is 12. The van der Waals surface area contributed by atoms with Crippen molar-refractivity contribution in [2.45, 2.75) is 58.5 Å².